The number of unbranched alkanes of at least 4 members (excludes halogenated alkanes) is 18. The van der Waals surface area contributed by atoms with Gasteiger partial charge in [-0.3, -0.25) is 9.59 Å². The van der Waals surface area contributed by atoms with Crippen molar-refractivity contribution < 1.29 is 59.1 Å². The Hall–Kier alpha value is -3.46. The summed E-state index contributed by atoms with van der Waals surface area (Å²) in [6.07, 6.45) is 26.1. The monoisotopic (exact) mass is 788 g/mol. The summed E-state index contributed by atoms with van der Waals surface area (Å²) in [5.74, 6) is -4.55. The third-order valence-electron chi connectivity index (χ3n) is 9.02. The van der Waals surface area contributed by atoms with Crippen LogP contribution in [-0.2, 0) is 41.9 Å². The van der Waals surface area contributed by atoms with Crippen LogP contribution in [0.2, 0.25) is 0 Å². The quantitative estimate of drug-likeness (QED) is 0.0537. The second-order valence-corrected chi connectivity index (χ2v) is 13.9. The van der Waals surface area contributed by atoms with E-state index in [1.807, 2.05) is 0 Å². The number of hydrogen-bond acceptors (Lipinski definition) is 6. The number of rotatable bonds is 26. The van der Waals surface area contributed by atoms with Crippen LogP contribution in [0, 0.1) is 0 Å². The Morgan fingerprint density at radius 1 is 0.491 bits per heavy atom. The molecular weight excluding hydrogens is 726 g/mol. The smallest absolute Gasteiger partial charge is 0.870 e. The first-order chi connectivity index (χ1) is 24.9. The van der Waals surface area contributed by atoms with Crippen molar-refractivity contribution in [2.45, 2.75) is 169 Å². The Labute approximate surface area is 330 Å². The van der Waals surface area contributed by atoms with Gasteiger partial charge in [-0.05, 0) is 61.1 Å². The van der Waals surface area contributed by atoms with Crippen molar-refractivity contribution in [3.05, 3.63) is 46.5 Å². The van der Waals surface area contributed by atoms with E-state index >= 15 is 0 Å². The van der Waals surface area contributed by atoms with Crippen LogP contribution in [0.4, 0.5) is 11.4 Å². The molecule has 0 aromatic heterocycles. The van der Waals surface area contributed by atoms with E-state index < -0.39 is 23.4 Å². The second-order valence-electron chi connectivity index (χ2n) is 13.9. The summed E-state index contributed by atoms with van der Waals surface area (Å²) in [5.41, 5.74) is 1.12. The summed E-state index contributed by atoms with van der Waals surface area (Å²) >= 11 is 0. The van der Waals surface area contributed by atoms with Gasteiger partial charge in [0, 0.05) is 25.2 Å². The van der Waals surface area contributed by atoms with Crippen molar-refractivity contribution in [1.82, 2.24) is 0 Å². The Kier molecular flexibility index (Phi) is 28.0. The molecule has 0 aliphatic carbocycles. The molecule has 11 heteroatoms. The van der Waals surface area contributed by atoms with Crippen LogP contribution in [0.5, 0.6) is 11.5 Å². The summed E-state index contributed by atoms with van der Waals surface area (Å²) in [5, 5.41) is 47.3. The Morgan fingerprint density at radius 2 is 0.755 bits per heavy atom. The predicted octanol–water partition coefficient (Wildman–Crippen LogP) is 9.76. The van der Waals surface area contributed by atoms with E-state index in [2.05, 4.69) is 24.5 Å². The zero-order valence-electron chi connectivity index (χ0n) is 32.9. The normalized spacial score (nSPS) is 10.5. The van der Waals surface area contributed by atoms with Crippen LogP contribution >= 0.6 is 0 Å². The predicted molar refractivity (Wildman–Crippen MR) is 205 cm³/mol. The Bertz CT molecular complexity index is 1280. The fraction of sp³-hybridized carbons (Fsp3) is 0.619. The third-order valence-corrected chi connectivity index (χ3v) is 9.02. The van der Waals surface area contributed by atoms with Crippen molar-refractivity contribution in [3.8, 4) is 11.5 Å². The molecule has 292 valence electrons. The standard InChI is InChI=1S/2C21H33NO4.Zn/c2*1-3-4-5-6-7-8-9-10-11-12-13-17-14-18(21(25)26)20(24)19(15-17)22-16(2)23;/h2*14-15,24H,3-13H2,1-2H3,(H,22,23)(H,25,26);/q;;+2/p-2. The fourth-order valence-corrected chi connectivity index (χ4v) is 6.18. The average Bonchev–Trinajstić information content (AvgIpc) is 3.08. The maximum Gasteiger partial charge on any atom is 2.00 e. The largest absolute Gasteiger partial charge is 2.00 e. The van der Waals surface area contributed by atoms with E-state index in [-0.39, 0.29) is 53.8 Å². The molecule has 0 heterocycles. The van der Waals surface area contributed by atoms with Gasteiger partial charge in [0.15, 0.2) is 0 Å². The van der Waals surface area contributed by atoms with E-state index in [1.54, 1.807) is 12.1 Å². The number of amides is 2. The molecule has 2 aromatic carbocycles. The third kappa shape index (κ3) is 22.4. The maximum absolute atomic E-state index is 12.0. The second kappa shape index (κ2) is 29.9. The van der Waals surface area contributed by atoms with Gasteiger partial charge in [0.1, 0.15) is 0 Å². The number of carbonyl (C=O) groups excluding carboxylic acids is 2. The number of aryl methyl sites for hydroxylation is 2. The van der Waals surface area contributed by atoms with Gasteiger partial charge < -0.3 is 31.1 Å². The number of hydrogen-bond donors (Lipinski definition) is 4. The van der Waals surface area contributed by atoms with Gasteiger partial charge in [0.25, 0.3) is 0 Å². The SMILES string of the molecule is CCCCCCCCCCCCc1cc(NC(C)=O)c([O-])c(C(=O)O)c1.CCCCCCCCCCCCc1cc(NC(C)=O)c([O-])c(C(=O)O)c1.[Zn+2]. The van der Waals surface area contributed by atoms with Crippen molar-refractivity contribution >= 4 is 35.1 Å². The summed E-state index contributed by atoms with van der Waals surface area (Å²) in [4.78, 5) is 44.9. The van der Waals surface area contributed by atoms with Crippen molar-refractivity contribution in [3.63, 3.8) is 0 Å². The number of nitrogens with one attached hydrogen (secondary N) is 2. The van der Waals surface area contributed by atoms with Crippen molar-refractivity contribution in [1.29, 1.82) is 0 Å². The molecule has 0 aliphatic rings. The number of carboxylic acids is 2. The van der Waals surface area contributed by atoms with Gasteiger partial charge >= 0.3 is 31.4 Å². The van der Waals surface area contributed by atoms with E-state index in [9.17, 15) is 39.6 Å². The van der Waals surface area contributed by atoms with Crippen LogP contribution in [0.1, 0.15) is 188 Å². The van der Waals surface area contributed by atoms with Crippen LogP contribution in [-0.4, -0.2) is 34.0 Å². The minimum Gasteiger partial charge on any atom is -0.870 e. The Balaban J connectivity index is 0.00000100. The Morgan fingerprint density at radius 3 is 1.00 bits per heavy atom. The number of aromatic carboxylic acids is 2. The zero-order chi connectivity index (χ0) is 38.7. The van der Waals surface area contributed by atoms with Gasteiger partial charge in [-0.2, -0.15) is 0 Å². The molecule has 2 rings (SSSR count). The van der Waals surface area contributed by atoms with Crippen molar-refractivity contribution in [2.75, 3.05) is 10.6 Å². The molecule has 0 fully saturated rings. The number of anilines is 2. The number of benzene rings is 2. The van der Waals surface area contributed by atoms with Gasteiger partial charge in [-0.1, -0.05) is 141 Å². The summed E-state index contributed by atoms with van der Waals surface area (Å²) in [6, 6.07) is 6.07. The molecule has 0 radical (unpaired) electrons. The van der Waals surface area contributed by atoms with Gasteiger partial charge in [0.05, 0.1) is 11.1 Å². The van der Waals surface area contributed by atoms with Gasteiger partial charge in [0.2, 0.25) is 11.8 Å². The first-order valence-corrected chi connectivity index (χ1v) is 19.6. The molecule has 53 heavy (non-hydrogen) atoms. The van der Waals surface area contributed by atoms with Crippen LogP contribution in [0.3, 0.4) is 0 Å². The van der Waals surface area contributed by atoms with E-state index in [4.69, 9.17) is 0 Å². The molecular formula is C42H64N2O8Zn. The molecule has 0 atom stereocenters. The molecule has 0 unspecified atom stereocenters. The minimum atomic E-state index is -1.26. The molecule has 0 saturated heterocycles. The van der Waals surface area contributed by atoms with Gasteiger partial charge in [-0.15, -0.1) is 0 Å². The van der Waals surface area contributed by atoms with Crippen molar-refractivity contribution in [2.24, 2.45) is 0 Å². The first-order valence-electron chi connectivity index (χ1n) is 19.6. The van der Waals surface area contributed by atoms with E-state index in [0.29, 0.717) is 12.8 Å². The molecule has 2 amide bonds. The molecule has 0 aliphatic heterocycles. The molecule has 0 bridgehead atoms. The van der Waals surface area contributed by atoms with E-state index in [1.165, 1.54) is 129 Å². The molecule has 10 nitrogen and oxygen atoms in total. The molecule has 4 N–H and O–H groups in total. The van der Waals surface area contributed by atoms with Crippen LogP contribution in [0.25, 0.3) is 0 Å². The number of carboxylic acid groups (broad SMARTS) is 2. The number of carbonyl (C=O) groups is 4. The summed E-state index contributed by atoms with van der Waals surface area (Å²) < 4.78 is 0. The molecule has 0 spiro atoms. The molecule has 0 saturated carbocycles. The zero-order valence-corrected chi connectivity index (χ0v) is 35.9. The first kappa shape index (κ1) is 49.5. The van der Waals surface area contributed by atoms with Crippen LogP contribution in [0.15, 0.2) is 24.3 Å². The van der Waals surface area contributed by atoms with Gasteiger partial charge in [-0.25, -0.2) is 9.59 Å². The topological polar surface area (TPSA) is 179 Å². The molecule has 2 aromatic rings. The summed E-state index contributed by atoms with van der Waals surface area (Å²) in [6.45, 7) is 7.05. The van der Waals surface area contributed by atoms with E-state index in [0.717, 1.165) is 36.8 Å². The summed E-state index contributed by atoms with van der Waals surface area (Å²) in [7, 11) is 0. The minimum absolute atomic E-state index is 0. The average molecular weight is 790 g/mol. The maximum atomic E-state index is 12.0. The van der Waals surface area contributed by atoms with Crippen LogP contribution < -0.4 is 20.8 Å². The fourth-order valence-electron chi connectivity index (χ4n) is 6.18.